The molecule has 6 nitrogen and oxygen atoms in total. The largest absolute Gasteiger partial charge is 0.466 e. The number of carbonyl (C=O) groups is 2. The predicted molar refractivity (Wildman–Crippen MR) is 138 cm³/mol. The summed E-state index contributed by atoms with van der Waals surface area (Å²) in [6, 6.07) is 1.39. The van der Waals surface area contributed by atoms with E-state index in [1.165, 1.54) is 6.42 Å². The van der Waals surface area contributed by atoms with E-state index in [-0.39, 0.29) is 36.3 Å². The molecule has 4 rings (SSSR count). The van der Waals surface area contributed by atoms with Gasteiger partial charge < -0.3 is 9.64 Å². The minimum Gasteiger partial charge on any atom is -0.466 e. The lowest BCUT2D eigenvalue weighted by atomic mass is 9.96. The second-order valence-electron chi connectivity index (χ2n) is 9.79. The molecule has 1 aromatic heterocycles. The quantitative estimate of drug-likeness (QED) is 0.458. The first-order valence-corrected chi connectivity index (χ1v) is 13.9. The lowest BCUT2D eigenvalue weighted by molar-refractivity contribution is -0.150. The Morgan fingerprint density at radius 3 is 2.43 bits per heavy atom. The van der Waals surface area contributed by atoms with Gasteiger partial charge in [0.15, 0.2) is 0 Å². The van der Waals surface area contributed by atoms with Gasteiger partial charge in [0.1, 0.15) is 0 Å². The number of fused-ring (bicyclic) bond motifs is 1. The van der Waals surface area contributed by atoms with E-state index in [1.54, 1.807) is 4.90 Å². The standard InChI is InChI=1S/C23H30F3N3O3.C3H8.C2H6/c1-2-32-22(31)16-4-3-8-28(13-16)19-6-5-15(11-19)21(30)29-9-7-20-17(14-29)10-18(12-27-20)23(24,25)26;1-3-2;1-2/h10,12,15-16,19H,2-9,11,13-14H2,1H3;3H2,1-2H3;1-2H3. The third-order valence-electron chi connectivity index (χ3n) is 7.02. The molecule has 210 valence electrons. The van der Waals surface area contributed by atoms with Gasteiger partial charge in [-0.15, -0.1) is 0 Å². The lowest BCUT2D eigenvalue weighted by Crippen LogP contribution is -2.45. The molecule has 0 N–H and O–H groups in total. The molecule has 37 heavy (non-hydrogen) atoms. The van der Waals surface area contributed by atoms with Crippen LogP contribution in [0.25, 0.3) is 0 Å². The van der Waals surface area contributed by atoms with Crippen molar-refractivity contribution >= 4 is 11.9 Å². The van der Waals surface area contributed by atoms with Gasteiger partial charge in [-0.1, -0.05) is 34.1 Å². The Morgan fingerprint density at radius 1 is 1.08 bits per heavy atom. The summed E-state index contributed by atoms with van der Waals surface area (Å²) in [7, 11) is 0. The van der Waals surface area contributed by atoms with Crippen molar-refractivity contribution in [2.24, 2.45) is 11.8 Å². The fraction of sp³-hybridized carbons (Fsp3) is 0.750. The van der Waals surface area contributed by atoms with E-state index >= 15 is 0 Å². The molecule has 1 amide bonds. The Hall–Kier alpha value is -2.16. The fourth-order valence-corrected chi connectivity index (χ4v) is 5.33. The normalized spacial score (nSPS) is 23.7. The Kier molecular flexibility index (Phi) is 12.3. The summed E-state index contributed by atoms with van der Waals surface area (Å²) >= 11 is 0. The van der Waals surface area contributed by atoms with Crippen molar-refractivity contribution in [1.82, 2.24) is 14.8 Å². The highest BCUT2D eigenvalue weighted by Gasteiger charge is 2.39. The molecule has 1 saturated heterocycles. The number of aromatic nitrogens is 1. The Balaban J connectivity index is 0.000000898. The van der Waals surface area contributed by atoms with Crippen LogP contribution in [0.2, 0.25) is 0 Å². The van der Waals surface area contributed by atoms with Gasteiger partial charge in [-0.25, -0.2) is 0 Å². The van der Waals surface area contributed by atoms with Crippen LogP contribution in [0, 0.1) is 11.8 Å². The molecular formula is C28H44F3N3O3. The van der Waals surface area contributed by atoms with E-state index in [4.69, 9.17) is 4.74 Å². The summed E-state index contributed by atoms with van der Waals surface area (Å²) in [5.41, 5.74) is 0.361. The van der Waals surface area contributed by atoms with Crippen LogP contribution in [0.15, 0.2) is 12.3 Å². The Bertz CT molecular complexity index is 878. The topological polar surface area (TPSA) is 62.7 Å². The lowest BCUT2D eigenvalue weighted by Gasteiger charge is -2.36. The van der Waals surface area contributed by atoms with Crippen molar-refractivity contribution < 1.29 is 27.5 Å². The highest BCUT2D eigenvalue weighted by atomic mass is 19.4. The molecule has 3 aliphatic rings. The number of ether oxygens (including phenoxy) is 1. The maximum absolute atomic E-state index is 13.2. The zero-order chi connectivity index (χ0) is 27.6. The van der Waals surface area contributed by atoms with Crippen molar-refractivity contribution in [2.45, 2.75) is 98.3 Å². The van der Waals surface area contributed by atoms with Gasteiger partial charge in [0.05, 0.1) is 18.1 Å². The van der Waals surface area contributed by atoms with Crippen LogP contribution >= 0.6 is 0 Å². The van der Waals surface area contributed by atoms with Crippen LogP contribution < -0.4 is 0 Å². The average Bonchev–Trinajstić information content (AvgIpc) is 3.39. The van der Waals surface area contributed by atoms with Crippen molar-refractivity contribution in [3.8, 4) is 0 Å². The first-order chi connectivity index (χ1) is 17.7. The summed E-state index contributed by atoms with van der Waals surface area (Å²) in [6.07, 6.45) is 2.34. The number of alkyl halides is 3. The molecule has 2 aliphatic heterocycles. The third-order valence-corrected chi connectivity index (χ3v) is 7.02. The highest BCUT2D eigenvalue weighted by Crippen LogP contribution is 2.35. The van der Waals surface area contributed by atoms with Gasteiger partial charge in [-0.05, 0) is 57.2 Å². The monoisotopic (exact) mass is 527 g/mol. The molecule has 9 heteroatoms. The Morgan fingerprint density at radius 2 is 1.78 bits per heavy atom. The Labute approximate surface area is 219 Å². The maximum Gasteiger partial charge on any atom is 0.417 e. The molecule has 1 saturated carbocycles. The first-order valence-electron chi connectivity index (χ1n) is 13.9. The van der Waals surface area contributed by atoms with Crippen molar-refractivity contribution in [2.75, 3.05) is 26.2 Å². The SMILES string of the molecule is CC.CCC.CCOC(=O)C1CCCN(C2CCC(C(=O)N3CCc4ncc(C(F)(F)F)cc4C3)C2)C1. The molecule has 0 bridgehead atoms. The zero-order valence-electron chi connectivity index (χ0n) is 23.1. The second-order valence-corrected chi connectivity index (χ2v) is 9.79. The fourth-order valence-electron chi connectivity index (χ4n) is 5.33. The molecule has 0 radical (unpaired) electrons. The number of hydrogen-bond acceptors (Lipinski definition) is 5. The number of amides is 1. The van der Waals surface area contributed by atoms with Gasteiger partial charge in [-0.3, -0.25) is 19.5 Å². The van der Waals surface area contributed by atoms with E-state index in [9.17, 15) is 22.8 Å². The summed E-state index contributed by atoms with van der Waals surface area (Å²) in [5, 5.41) is 0. The van der Waals surface area contributed by atoms with Crippen LogP contribution in [-0.2, 0) is 33.5 Å². The summed E-state index contributed by atoms with van der Waals surface area (Å²) < 4.78 is 44.3. The summed E-state index contributed by atoms with van der Waals surface area (Å²) in [4.78, 5) is 33.3. The van der Waals surface area contributed by atoms with E-state index in [2.05, 4.69) is 23.7 Å². The number of rotatable bonds is 4. The summed E-state index contributed by atoms with van der Waals surface area (Å²) in [5.74, 6) is -0.341. The van der Waals surface area contributed by atoms with E-state index in [0.29, 0.717) is 37.4 Å². The number of likely N-dealkylation sites (tertiary alicyclic amines) is 1. The van der Waals surface area contributed by atoms with Crippen LogP contribution in [0.4, 0.5) is 13.2 Å². The molecule has 3 heterocycles. The number of hydrogen-bond donors (Lipinski definition) is 0. The number of piperidine rings is 1. The molecule has 3 unspecified atom stereocenters. The zero-order valence-corrected chi connectivity index (χ0v) is 23.1. The van der Waals surface area contributed by atoms with Crippen LogP contribution in [0.5, 0.6) is 0 Å². The smallest absolute Gasteiger partial charge is 0.417 e. The van der Waals surface area contributed by atoms with Crippen molar-refractivity contribution in [1.29, 1.82) is 0 Å². The molecule has 1 aliphatic carbocycles. The van der Waals surface area contributed by atoms with Gasteiger partial charge in [0, 0.05) is 49.9 Å². The molecule has 3 atom stereocenters. The van der Waals surface area contributed by atoms with Crippen LogP contribution in [-0.4, -0.2) is 58.9 Å². The van der Waals surface area contributed by atoms with Crippen LogP contribution in [0.3, 0.4) is 0 Å². The predicted octanol–water partition coefficient (Wildman–Crippen LogP) is 5.87. The molecule has 0 spiro atoms. The molecular weight excluding hydrogens is 483 g/mol. The number of pyridine rings is 1. The second kappa shape index (κ2) is 14.7. The molecule has 2 fully saturated rings. The number of esters is 1. The highest BCUT2D eigenvalue weighted by molar-refractivity contribution is 5.79. The third kappa shape index (κ3) is 8.42. The van der Waals surface area contributed by atoms with Gasteiger partial charge in [0.2, 0.25) is 5.91 Å². The minimum absolute atomic E-state index is 0.0227. The molecule has 0 aromatic carbocycles. The number of carbonyl (C=O) groups excluding carboxylic acids is 2. The van der Waals surface area contributed by atoms with E-state index in [0.717, 1.165) is 50.9 Å². The van der Waals surface area contributed by atoms with E-state index in [1.807, 2.05) is 20.8 Å². The van der Waals surface area contributed by atoms with Crippen molar-refractivity contribution in [3.05, 3.63) is 29.1 Å². The summed E-state index contributed by atoms with van der Waals surface area (Å²) in [6.45, 7) is 12.7. The molecule has 1 aromatic rings. The van der Waals surface area contributed by atoms with Gasteiger partial charge in [0.25, 0.3) is 0 Å². The van der Waals surface area contributed by atoms with Crippen LogP contribution in [0.1, 0.15) is 90.0 Å². The average molecular weight is 528 g/mol. The first kappa shape index (κ1) is 31.1. The minimum atomic E-state index is -4.44. The maximum atomic E-state index is 13.2. The van der Waals surface area contributed by atoms with Crippen molar-refractivity contribution in [3.63, 3.8) is 0 Å². The van der Waals surface area contributed by atoms with E-state index < -0.39 is 11.7 Å². The number of nitrogens with zero attached hydrogens (tertiary/aromatic N) is 3. The number of halogens is 3. The van der Waals surface area contributed by atoms with Gasteiger partial charge in [-0.2, -0.15) is 13.2 Å². The van der Waals surface area contributed by atoms with Gasteiger partial charge >= 0.3 is 12.1 Å².